The minimum atomic E-state index is -4.41. The Kier molecular flexibility index (Phi) is 4.24. The average Bonchev–Trinajstić information content (AvgIpc) is 2.12. The minimum Gasteiger partial charge on any atom is -0.385 e. The van der Waals surface area contributed by atoms with Gasteiger partial charge in [0.2, 0.25) is 5.88 Å². The molecule has 0 unspecified atom stereocenters. The minimum absolute atomic E-state index is 0. The molecule has 67 valence electrons. The van der Waals surface area contributed by atoms with Crippen LogP contribution in [0.15, 0.2) is 11.4 Å². The molecule has 0 saturated heterocycles. The molecule has 0 amide bonds. The molecule has 0 aliphatic heterocycles. The van der Waals surface area contributed by atoms with Crippen molar-refractivity contribution in [1.82, 2.24) is 4.37 Å². The Labute approximate surface area is 77.3 Å². The van der Waals surface area contributed by atoms with Gasteiger partial charge in [0.05, 0.1) is 0 Å². The Balaban J connectivity index is 0.000001000. The molecule has 0 aliphatic carbocycles. The summed E-state index contributed by atoms with van der Waals surface area (Å²) in [4.78, 5) is 16.5. The van der Waals surface area contributed by atoms with E-state index in [1.54, 1.807) is 5.38 Å². The molecule has 0 spiro atoms. The Morgan fingerprint density at radius 1 is 1.64 bits per heavy atom. The van der Waals surface area contributed by atoms with E-state index in [1.165, 1.54) is 6.07 Å². The number of phosphoric ester groups is 1. The van der Waals surface area contributed by atoms with Gasteiger partial charge in [-0.3, -0.25) is 9.79 Å². The molecule has 0 aliphatic rings. The van der Waals surface area contributed by atoms with E-state index in [1.807, 2.05) is 0 Å². The van der Waals surface area contributed by atoms with Crippen LogP contribution in [0.4, 0.5) is 0 Å². The van der Waals surface area contributed by atoms with Gasteiger partial charge in [-0.1, -0.05) is 0 Å². The standard InChI is InChI=1S/C3H4NO4PS.Cu/c5-9(6,7)8-3-1-2-10-4-3;/h1-2H,(H2,5,6,7);. The molecular formula is C3H4CuNO4PS. The zero-order chi connectivity index (χ0) is 7.61. The first-order valence-electron chi connectivity index (χ1n) is 2.23. The summed E-state index contributed by atoms with van der Waals surface area (Å²) >= 11 is 1.06. The smallest absolute Gasteiger partial charge is 0.385 e. The molecule has 1 radical (unpaired) electrons. The summed E-state index contributed by atoms with van der Waals surface area (Å²) in [5, 5.41) is 1.56. The van der Waals surface area contributed by atoms with Crippen molar-refractivity contribution < 1.29 is 35.9 Å². The van der Waals surface area contributed by atoms with Crippen molar-refractivity contribution in [3.05, 3.63) is 11.4 Å². The normalized spacial score (nSPS) is 10.4. The summed E-state index contributed by atoms with van der Waals surface area (Å²) in [6.45, 7) is 0. The number of hydrogen-bond donors (Lipinski definition) is 2. The summed E-state index contributed by atoms with van der Waals surface area (Å²) in [6.07, 6.45) is 0. The monoisotopic (exact) mass is 244 g/mol. The van der Waals surface area contributed by atoms with Crippen LogP contribution in [0.5, 0.6) is 5.88 Å². The Hall–Kier alpha value is 0.0995. The van der Waals surface area contributed by atoms with Gasteiger partial charge < -0.3 is 4.52 Å². The van der Waals surface area contributed by atoms with Crippen molar-refractivity contribution >= 4 is 19.4 Å². The van der Waals surface area contributed by atoms with E-state index in [4.69, 9.17) is 9.79 Å². The van der Waals surface area contributed by atoms with Crippen LogP contribution < -0.4 is 4.52 Å². The largest absolute Gasteiger partial charge is 0.526 e. The fourth-order valence-electron chi connectivity index (χ4n) is 0.370. The van der Waals surface area contributed by atoms with Crippen molar-refractivity contribution in [2.75, 3.05) is 0 Å². The molecule has 0 bridgehead atoms. The summed E-state index contributed by atoms with van der Waals surface area (Å²) < 4.78 is 17.8. The van der Waals surface area contributed by atoms with Gasteiger partial charge in [-0.2, -0.15) is 4.37 Å². The van der Waals surface area contributed by atoms with Crippen LogP contribution in [0.2, 0.25) is 0 Å². The van der Waals surface area contributed by atoms with E-state index in [2.05, 4.69) is 8.90 Å². The molecule has 1 rings (SSSR count). The number of phosphoric acid groups is 1. The molecule has 0 aromatic carbocycles. The number of aromatic nitrogens is 1. The van der Waals surface area contributed by atoms with Gasteiger partial charge in [-0.25, -0.2) is 4.57 Å². The van der Waals surface area contributed by atoms with E-state index in [9.17, 15) is 4.57 Å². The van der Waals surface area contributed by atoms with Crippen LogP contribution in [0.25, 0.3) is 0 Å². The second-order valence-corrected chi connectivity index (χ2v) is 3.25. The van der Waals surface area contributed by atoms with Crippen molar-refractivity contribution in [1.29, 1.82) is 0 Å². The summed E-state index contributed by atoms with van der Waals surface area (Å²) in [7, 11) is -4.41. The Morgan fingerprint density at radius 2 is 2.27 bits per heavy atom. The molecule has 0 atom stereocenters. The molecule has 1 heterocycles. The van der Waals surface area contributed by atoms with Crippen LogP contribution >= 0.6 is 19.4 Å². The summed E-state index contributed by atoms with van der Waals surface area (Å²) in [5.74, 6) is -0.0432. The molecular weight excluding hydrogens is 241 g/mol. The zero-order valence-corrected chi connectivity index (χ0v) is 7.62. The van der Waals surface area contributed by atoms with Gasteiger partial charge in [0.15, 0.2) is 0 Å². The first-order chi connectivity index (χ1) is 4.58. The van der Waals surface area contributed by atoms with Crippen LogP contribution in [0.1, 0.15) is 0 Å². The van der Waals surface area contributed by atoms with Crippen LogP contribution in [-0.2, 0) is 21.6 Å². The number of nitrogens with zero attached hydrogens (tertiary/aromatic N) is 1. The topological polar surface area (TPSA) is 79.7 Å². The summed E-state index contributed by atoms with van der Waals surface area (Å²) in [6, 6.07) is 1.38. The van der Waals surface area contributed by atoms with Gasteiger partial charge in [0.1, 0.15) is 0 Å². The molecule has 1 aromatic heterocycles. The molecule has 11 heavy (non-hydrogen) atoms. The second-order valence-electron chi connectivity index (χ2n) is 1.42. The second kappa shape index (κ2) is 4.21. The molecule has 5 nitrogen and oxygen atoms in total. The molecule has 8 heteroatoms. The maximum atomic E-state index is 10.1. The Morgan fingerprint density at radius 3 is 2.64 bits per heavy atom. The van der Waals surface area contributed by atoms with E-state index in [0.29, 0.717) is 0 Å². The average molecular weight is 245 g/mol. The predicted octanol–water partition coefficient (Wildman–Crippen LogP) is 0.612. The molecule has 0 saturated carbocycles. The van der Waals surface area contributed by atoms with E-state index in [-0.39, 0.29) is 22.9 Å². The van der Waals surface area contributed by atoms with Gasteiger partial charge in [-0.15, -0.1) is 0 Å². The summed E-state index contributed by atoms with van der Waals surface area (Å²) in [5.41, 5.74) is 0. The van der Waals surface area contributed by atoms with E-state index >= 15 is 0 Å². The van der Waals surface area contributed by atoms with Crippen molar-refractivity contribution in [3.63, 3.8) is 0 Å². The number of rotatable bonds is 2. The van der Waals surface area contributed by atoms with Gasteiger partial charge >= 0.3 is 7.82 Å². The fourth-order valence-corrected chi connectivity index (χ4v) is 1.21. The predicted molar refractivity (Wildman–Crippen MR) is 34.8 cm³/mol. The third kappa shape index (κ3) is 4.53. The third-order valence-corrected chi connectivity index (χ3v) is 1.59. The quantitative estimate of drug-likeness (QED) is 0.589. The maximum Gasteiger partial charge on any atom is 0.526 e. The first-order valence-corrected chi connectivity index (χ1v) is 4.60. The Bertz CT molecular complexity index is 246. The van der Waals surface area contributed by atoms with Crippen LogP contribution in [0, 0.1) is 0 Å². The fraction of sp³-hybridized carbons (Fsp3) is 0. The van der Waals surface area contributed by atoms with Crippen molar-refractivity contribution in [2.24, 2.45) is 0 Å². The molecule has 0 fully saturated rings. The van der Waals surface area contributed by atoms with Gasteiger partial charge in [-0.05, 0) is 11.5 Å². The van der Waals surface area contributed by atoms with Crippen LogP contribution in [0.3, 0.4) is 0 Å². The van der Waals surface area contributed by atoms with Crippen molar-refractivity contribution in [3.8, 4) is 5.88 Å². The van der Waals surface area contributed by atoms with Crippen LogP contribution in [-0.4, -0.2) is 14.2 Å². The zero-order valence-electron chi connectivity index (χ0n) is 4.97. The van der Waals surface area contributed by atoms with Crippen molar-refractivity contribution in [2.45, 2.75) is 0 Å². The van der Waals surface area contributed by atoms with Gasteiger partial charge in [0, 0.05) is 28.5 Å². The molecule has 2 N–H and O–H groups in total. The van der Waals surface area contributed by atoms with E-state index in [0.717, 1.165) is 11.5 Å². The van der Waals surface area contributed by atoms with Gasteiger partial charge in [0.25, 0.3) is 0 Å². The first kappa shape index (κ1) is 11.1. The van der Waals surface area contributed by atoms with E-state index < -0.39 is 7.82 Å². The SMILES string of the molecule is O=P(O)(O)Oc1ccsn1.[Cu]. The number of hydrogen-bond acceptors (Lipinski definition) is 4. The third-order valence-electron chi connectivity index (χ3n) is 0.627. The molecule has 1 aromatic rings. The maximum absolute atomic E-state index is 10.1.